The summed E-state index contributed by atoms with van der Waals surface area (Å²) in [5, 5.41) is 0. The van der Waals surface area contributed by atoms with Crippen molar-refractivity contribution >= 4 is 33.0 Å². The number of aryl methyl sites for hydroxylation is 2. The van der Waals surface area contributed by atoms with Crippen LogP contribution in [-0.4, -0.2) is 31.7 Å². The van der Waals surface area contributed by atoms with Gasteiger partial charge in [0.2, 0.25) is 5.91 Å². The van der Waals surface area contributed by atoms with E-state index in [0.29, 0.717) is 35.9 Å². The summed E-state index contributed by atoms with van der Waals surface area (Å²) in [6, 6.07) is 14.9. The first-order valence-electron chi connectivity index (χ1n) is 10.3. The molecule has 4 rings (SSSR count). The first-order chi connectivity index (χ1) is 14.8. The van der Waals surface area contributed by atoms with Gasteiger partial charge in [-0.15, -0.1) is 11.3 Å². The van der Waals surface area contributed by atoms with Crippen molar-refractivity contribution in [2.45, 2.75) is 37.4 Å². The minimum atomic E-state index is -3.59. The lowest BCUT2D eigenvalue weighted by atomic mass is 9.97. The number of sulfonamides is 1. The molecule has 0 radical (unpaired) electrons. The highest BCUT2D eigenvalue weighted by Crippen LogP contribution is 2.30. The molecular weight excluding hydrogens is 432 g/mol. The molecule has 1 fully saturated rings. The number of anilines is 1. The molecule has 1 saturated heterocycles. The van der Waals surface area contributed by atoms with E-state index in [1.807, 2.05) is 50.2 Å². The van der Waals surface area contributed by atoms with E-state index in [-0.39, 0.29) is 12.5 Å². The summed E-state index contributed by atoms with van der Waals surface area (Å²) in [5.41, 5.74) is 1.89. The molecule has 0 bridgehead atoms. The van der Waals surface area contributed by atoms with E-state index >= 15 is 0 Å². The number of rotatable bonds is 6. The Balaban J connectivity index is 1.58. The van der Waals surface area contributed by atoms with Crippen LogP contribution in [0.4, 0.5) is 5.69 Å². The molecule has 3 aromatic rings. The lowest BCUT2D eigenvalue weighted by Crippen LogP contribution is -2.46. The molecule has 0 unspecified atom stereocenters. The van der Waals surface area contributed by atoms with Crippen molar-refractivity contribution in [2.75, 3.05) is 18.0 Å². The van der Waals surface area contributed by atoms with E-state index in [1.54, 1.807) is 23.3 Å². The maximum absolute atomic E-state index is 13.6. The molecule has 2 aromatic heterocycles. The maximum Gasteiger partial charge on any atom is 0.252 e. The number of thiophene rings is 1. The van der Waals surface area contributed by atoms with Gasteiger partial charge in [0.05, 0.1) is 18.7 Å². The summed E-state index contributed by atoms with van der Waals surface area (Å²) in [7, 11) is -3.59. The molecule has 0 spiro atoms. The molecule has 0 N–H and O–H groups in total. The Labute approximate surface area is 187 Å². The van der Waals surface area contributed by atoms with E-state index in [2.05, 4.69) is 0 Å². The van der Waals surface area contributed by atoms with E-state index in [4.69, 9.17) is 4.42 Å². The Bertz CT molecular complexity index is 1130. The Morgan fingerprint density at radius 1 is 1.16 bits per heavy atom. The molecule has 1 aliphatic heterocycles. The molecule has 31 heavy (non-hydrogen) atoms. The molecule has 1 amide bonds. The first kappa shape index (κ1) is 21.8. The number of hydrogen-bond acceptors (Lipinski definition) is 5. The zero-order chi connectivity index (χ0) is 22.0. The van der Waals surface area contributed by atoms with Gasteiger partial charge in [-0.2, -0.15) is 4.31 Å². The van der Waals surface area contributed by atoms with Crippen LogP contribution in [-0.2, 0) is 21.4 Å². The second kappa shape index (κ2) is 8.98. The fraction of sp³-hybridized carbons (Fsp3) is 0.348. The molecule has 164 valence electrons. The maximum atomic E-state index is 13.6. The van der Waals surface area contributed by atoms with Gasteiger partial charge in [0.25, 0.3) is 10.0 Å². The van der Waals surface area contributed by atoms with Crippen LogP contribution >= 0.6 is 11.3 Å². The van der Waals surface area contributed by atoms with Gasteiger partial charge in [0, 0.05) is 23.7 Å². The van der Waals surface area contributed by atoms with Crippen LogP contribution in [0.3, 0.4) is 0 Å². The van der Waals surface area contributed by atoms with Gasteiger partial charge in [-0.3, -0.25) is 4.79 Å². The highest BCUT2D eigenvalue weighted by molar-refractivity contribution is 7.91. The topological polar surface area (TPSA) is 70.8 Å². The van der Waals surface area contributed by atoms with Gasteiger partial charge in [-0.25, -0.2) is 8.42 Å². The predicted molar refractivity (Wildman–Crippen MR) is 122 cm³/mol. The third-order valence-corrected chi connectivity index (χ3v) is 8.88. The molecular formula is C23H26N2O4S2. The summed E-state index contributed by atoms with van der Waals surface area (Å²) >= 11 is 1.27. The highest BCUT2D eigenvalue weighted by Gasteiger charge is 2.36. The van der Waals surface area contributed by atoms with E-state index < -0.39 is 15.9 Å². The summed E-state index contributed by atoms with van der Waals surface area (Å²) < 4.78 is 33.5. The zero-order valence-electron chi connectivity index (χ0n) is 17.7. The van der Waals surface area contributed by atoms with Gasteiger partial charge >= 0.3 is 0 Å². The van der Waals surface area contributed by atoms with Crippen LogP contribution in [0.2, 0.25) is 0 Å². The molecule has 0 aliphatic carbocycles. The first-order valence-corrected chi connectivity index (χ1v) is 12.6. The molecule has 8 heteroatoms. The second-order valence-corrected chi connectivity index (χ2v) is 11.4. The number of nitrogens with zero attached hydrogens (tertiary/aromatic N) is 2. The highest BCUT2D eigenvalue weighted by atomic mass is 32.2. The van der Waals surface area contributed by atoms with E-state index in [9.17, 15) is 13.2 Å². The predicted octanol–water partition coefficient (Wildman–Crippen LogP) is 4.59. The van der Waals surface area contributed by atoms with E-state index in [1.165, 1.54) is 15.6 Å². The monoisotopic (exact) mass is 458 g/mol. The lowest BCUT2D eigenvalue weighted by Gasteiger charge is -2.34. The third kappa shape index (κ3) is 4.76. The number of hydrogen-bond donors (Lipinski definition) is 0. The standard InChI is InChI=1S/C23H26N2O4S2/c1-17-7-10-20(11-8-17)25(16-21-6-4-14-29-21)23(26)19-5-3-13-24(15-19)31(27,28)22-12-9-18(2)30-22/h4,6-12,14,19H,3,5,13,15-16H2,1-2H3/t19-/m1/s1. The van der Waals surface area contributed by atoms with Crippen LogP contribution in [0.5, 0.6) is 0 Å². The van der Waals surface area contributed by atoms with Crippen LogP contribution in [0.1, 0.15) is 29.0 Å². The summed E-state index contributed by atoms with van der Waals surface area (Å²) in [5.74, 6) is 0.201. The number of piperidine rings is 1. The SMILES string of the molecule is Cc1ccc(N(Cc2ccco2)C(=O)[C@@H]2CCCN(S(=O)(=O)c3ccc(C)s3)C2)cc1. The minimum absolute atomic E-state index is 0.0810. The second-order valence-electron chi connectivity index (χ2n) is 7.91. The average molecular weight is 459 g/mol. The number of carbonyl (C=O) groups excluding carboxylic acids is 1. The smallest absolute Gasteiger partial charge is 0.252 e. The molecule has 6 nitrogen and oxygen atoms in total. The Morgan fingerprint density at radius 2 is 1.94 bits per heavy atom. The fourth-order valence-corrected chi connectivity index (χ4v) is 6.80. The largest absolute Gasteiger partial charge is 0.467 e. The van der Waals surface area contributed by atoms with Gasteiger partial charge in [0.1, 0.15) is 9.97 Å². The summed E-state index contributed by atoms with van der Waals surface area (Å²) in [6.45, 7) is 4.83. The number of amides is 1. The van der Waals surface area contributed by atoms with Crippen molar-refractivity contribution in [2.24, 2.45) is 5.92 Å². The Kier molecular flexibility index (Phi) is 6.31. The Morgan fingerprint density at radius 3 is 2.58 bits per heavy atom. The van der Waals surface area contributed by atoms with Gasteiger partial charge in [-0.1, -0.05) is 17.7 Å². The van der Waals surface area contributed by atoms with Gasteiger partial charge < -0.3 is 9.32 Å². The lowest BCUT2D eigenvalue weighted by molar-refractivity contribution is -0.123. The summed E-state index contributed by atoms with van der Waals surface area (Å²) in [4.78, 5) is 16.2. The molecule has 1 aromatic carbocycles. The zero-order valence-corrected chi connectivity index (χ0v) is 19.3. The van der Waals surface area contributed by atoms with Crippen molar-refractivity contribution in [3.8, 4) is 0 Å². The third-order valence-electron chi connectivity index (χ3n) is 5.55. The van der Waals surface area contributed by atoms with Crippen molar-refractivity contribution in [1.29, 1.82) is 0 Å². The van der Waals surface area contributed by atoms with Crippen LogP contribution < -0.4 is 4.90 Å². The van der Waals surface area contributed by atoms with Crippen LogP contribution in [0, 0.1) is 19.8 Å². The number of benzene rings is 1. The summed E-state index contributed by atoms with van der Waals surface area (Å²) in [6.07, 6.45) is 2.91. The van der Waals surface area contributed by atoms with Crippen LogP contribution in [0.25, 0.3) is 0 Å². The van der Waals surface area contributed by atoms with Crippen molar-refractivity contribution < 1.29 is 17.6 Å². The quantitative estimate of drug-likeness (QED) is 0.542. The number of carbonyl (C=O) groups is 1. The molecule has 3 heterocycles. The van der Waals surface area contributed by atoms with Crippen molar-refractivity contribution in [1.82, 2.24) is 4.31 Å². The van der Waals surface area contributed by atoms with Crippen LogP contribution in [0.15, 0.2) is 63.4 Å². The number of furan rings is 1. The fourth-order valence-electron chi connectivity index (χ4n) is 3.84. The van der Waals surface area contributed by atoms with Crippen molar-refractivity contribution in [3.63, 3.8) is 0 Å². The average Bonchev–Trinajstić information content (AvgIpc) is 3.44. The Hall–Kier alpha value is -2.42. The minimum Gasteiger partial charge on any atom is -0.467 e. The normalized spacial score (nSPS) is 17.5. The van der Waals surface area contributed by atoms with Gasteiger partial charge in [0.15, 0.2) is 0 Å². The van der Waals surface area contributed by atoms with Gasteiger partial charge in [-0.05, 0) is 63.1 Å². The van der Waals surface area contributed by atoms with Crippen molar-refractivity contribution in [3.05, 3.63) is 71.0 Å². The van der Waals surface area contributed by atoms with E-state index in [0.717, 1.165) is 16.1 Å². The molecule has 0 saturated carbocycles. The molecule has 1 aliphatic rings. The molecule has 1 atom stereocenters.